The molecule has 1 aliphatic carbocycles. The van der Waals surface area contributed by atoms with Gasteiger partial charge < -0.3 is 15.1 Å². The molecule has 0 radical (unpaired) electrons. The van der Waals surface area contributed by atoms with Crippen molar-refractivity contribution in [1.29, 1.82) is 0 Å². The number of aliphatic hydroxyl groups is 2. The number of nitrogens with one attached hydrogen (secondary N) is 1. The van der Waals surface area contributed by atoms with E-state index >= 15 is 0 Å². The van der Waals surface area contributed by atoms with E-state index in [0.717, 1.165) is 66.9 Å². The van der Waals surface area contributed by atoms with Gasteiger partial charge in [-0.25, -0.2) is 0 Å². The fourth-order valence-corrected chi connectivity index (χ4v) is 6.24. The number of nitrogens with zero attached hydrogens (tertiary/aromatic N) is 3. The van der Waals surface area contributed by atoms with Crippen molar-refractivity contribution in [3.63, 3.8) is 0 Å². The molecule has 1 saturated heterocycles. The van der Waals surface area contributed by atoms with Crippen molar-refractivity contribution < 1.29 is 10.2 Å². The third-order valence-electron chi connectivity index (χ3n) is 8.32. The molecule has 1 aliphatic heterocycles. The van der Waals surface area contributed by atoms with Crippen LogP contribution in [0.2, 0.25) is 0 Å². The smallest absolute Gasteiger partial charge is 0.124 e. The van der Waals surface area contributed by atoms with Crippen LogP contribution in [0.3, 0.4) is 0 Å². The molecule has 0 spiro atoms. The van der Waals surface area contributed by atoms with Crippen LogP contribution in [0, 0.1) is 5.41 Å². The van der Waals surface area contributed by atoms with Gasteiger partial charge >= 0.3 is 0 Å². The number of aromatic nitrogens is 3. The number of hydrogen-bond acceptors (Lipinski definition) is 5. The van der Waals surface area contributed by atoms with Gasteiger partial charge in [-0.15, -0.1) is 0 Å². The van der Waals surface area contributed by atoms with E-state index < -0.39 is 11.2 Å². The number of benzene rings is 1. The monoisotopic (exact) mass is 474 g/mol. The first-order valence-electron chi connectivity index (χ1n) is 12.9. The second kappa shape index (κ2) is 8.84. The zero-order valence-electron chi connectivity index (χ0n) is 21.4. The van der Waals surface area contributed by atoms with Crippen LogP contribution >= 0.6 is 0 Å². The van der Waals surface area contributed by atoms with E-state index in [2.05, 4.69) is 72.2 Å². The summed E-state index contributed by atoms with van der Waals surface area (Å²) in [6.07, 6.45) is 8.29. The van der Waals surface area contributed by atoms with E-state index in [1.54, 1.807) is 12.4 Å². The molecule has 2 aromatic heterocycles. The molecule has 1 atom stereocenters. The van der Waals surface area contributed by atoms with E-state index in [0.29, 0.717) is 5.92 Å². The third-order valence-corrected chi connectivity index (χ3v) is 8.32. The van der Waals surface area contributed by atoms with Crippen LogP contribution < -0.4 is 0 Å². The Morgan fingerprint density at radius 1 is 1.00 bits per heavy atom. The topological polar surface area (TPSA) is 85.3 Å². The highest BCUT2D eigenvalue weighted by molar-refractivity contribution is 5.60. The van der Waals surface area contributed by atoms with E-state index in [4.69, 9.17) is 0 Å². The van der Waals surface area contributed by atoms with Crippen molar-refractivity contribution in [1.82, 2.24) is 20.1 Å². The summed E-state index contributed by atoms with van der Waals surface area (Å²) in [5.74, 6) is 0.431. The van der Waals surface area contributed by atoms with Crippen molar-refractivity contribution in [3.8, 4) is 11.3 Å². The van der Waals surface area contributed by atoms with Crippen molar-refractivity contribution in [3.05, 3.63) is 71.2 Å². The van der Waals surface area contributed by atoms with E-state index in [1.807, 2.05) is 12.1 Å². The van der Waals surface area contributed by atoms with Crippen molar-refractivity contribution in [2.75, 3.05) is 20.1 Å². The Kier molecular flexibility index (Phi) is 6.10. The van der Waals surface area contributed by atoms with Gasteiger partial charge in [0, 0.05) is 42.0 Å². The van der Waals surface area contributed by atoms with Gasteiger partial charge in [-0.05, 0) is 49.1 Å². The maximum Gasteiger partial charge on any atom is 0.124 e. The van der Waals surface area contributed by atoms with Gasteiger partial charge in [0.1, 0.15) is 11.2 Å². The van der Waals surface area contributed by atoms with Gasteiger partial charge in [-0.2, -0.15) is 5.10 Å². The number of likely N-dealkylation sites (tertiary alicyclic amines) is 1. The van der Waals surface area contributed by atoms with Crippen LogP contribution in [0.15, 0.2) is 48.8 Å². The molecule has 35 heavy (non-hydrogen) atoms. The average Bonchev–Trinajstić information content (AvgIpc) is 3.35. The lowest BCUT2D eigenvalue weighted by atomic mass is 9.62. The van der Waals surface area contributed by atoms with Gasteiger partial charge in [-0.1, -0.05) is 64.3 Å². The zero-order valence-corrected chi connectivity index (χ0v) is 21.4. The summed E-state index contributed by atoms with van der Waals surface area (Å²) in [4.78, 5) is 6.77. The van der Waals surface area contributed by atoms with Crippen LogP contribution in [0.4, 0.5) is 0 Å². The summed E-state index contributed by atoms with van der Waals surface area (Å²) in [5.41, 5.74) is 2.86. The number of pyridine rings is 1. The first-order chi connectivity index (χ1) is 16.6. The number of H-pyrrole nitrogens is 1. The fraction of sp³-hybridized carbons (Fsp3) is 0.517. The quantitative estimate of drug-likeness (QED) is 0.471. The molecular weight excluding hydrogens is 436 g/mol. The molecule has 0 amide bonds. The molecule has 1 aromatic carbocycles. The van der Waals surface area contributed by atoms with Crippen molar-refractivity contribution in [2.45, 2.75) is 70.0 Å². The van der Waals surface area contributed by atoms with E-state index in [1.165, 1.54) is 12.0 Å². The molecule has 1 saturated carbocycles. The van der Waals surface area contributed by atoms with Gasteiger partial charge in [0.05, 0.1) is 11.4 Å². The molecule has 186 valence electrons. The van der Waals surface area contributed by atoms with Crippen molar-refractivity contribution in [2.24, 2.45) is 5.41 Å². The third kappa shape index (κ3) is 4.11. The molecule has 3 aromatic rings. The summed E-state index contributed by atoms with van der Waals surface area (Å²) in [7, 11) is 2.08. The summed E-state index contributed by atoms with van der Waals surface area (Å²) in [5, 5.41) is 31.2. The maximum atomic E-state index is 12.5. The lowest BCUT2D eigenvalue weighted by Crippen LogP contribution is -2.63. The maximum absolute atomic E-state index is 12.5. The Labute approximate surface area is 208 Å². The minimum absolute atomic E-state index is 0.352. The number of rotatable bonds is 6. The van der Waals surface area contributed by atoms with Gasteiger partial charge in [0.15, 0.2) is 0 Å². The first-order valence-corrected chi connectivity index (χ1v) is 12.9. The second-order valence-corrected chi connectivity index (χ2v) is 11.4. The molecule has 3 N–H and O–H groups in total. The zero-order chi connectivity index (χ0) is 24.8. The van der Waals surface area contributed by atoms with Gasteiger partial charge in [-0.3, -0.25) is 10.1 Å². The van der Waals surface area contributed by atoms with E-state index in [-0.39, 0.29) is 5.41 Å². The van der Waals surface area contributed by atoms with Gasteiger partial charge in [0.25, 0.3) is 0 Å². The number of aromatic amines is 1. The minimum atomic E-state index is -1.20. The molecule has 0 bridgehead atoms. The molecule has 2 fully saturated rings. The molecule has 2 aliphatic rings. The molecule has 3 heterocycles. The Balaban J connectivity index is 1.54. The van der Waals surface area contributed by atoms with Crippen LogP contribution in [0.5, 0.6) is 0 Å². The van der Waals surface area contributed by atoms with Crippen LogP contribution in [-0.4, -0.2) is 50.4 Å². The normalized spacial score (nSPS) is 21.5. The summed E-state index contributed by atoms with van der Waals surface area (Å²) < 4.78 is 0. The first kappa shape index (κ1) is 24.2. The van der Waals surface area contributed by atoms with Gasteiger partial charge in [0.2, 0.25) is 0 Å². The number of hydrogen-bond donors (Lipinski definition) is 3. The highest BCUT2D eigenvalue weighted by atomic mass is 16.3. The summed E-state index contributed by atoms with van der Waals surface area (Å²) in [6, 6.07) is 12.3. The van der Waals surface area contributed by atoms with Crippen LogP contribution in [0.1, 0.15) is 81.2 Å². The minimum Gasteiger partial charge on any atom is -0.384 e. The lowest BCUT2D eigenvalue weighted by Gasteiger charge is -2.55. The largest absolute Gasteiger partial charge is 0.384 e. The Hall–Kier alpha value is -2.54. The summed E-state index contributed by atoms with van der Waals surface area (Å²) in [6.45, 7) is 8.09. The SMILES string of the molecule is CC(C)c1ccc([C@](O)(c2cncc(-c3cc(C4(O)CCCCC4)[nH]n3)c2)C2(C)CN(C)C2)cc1. The lowest BCUT2D eigenvalue weighted by molar-refractivity contribution is -0.127. The predicted molar refractivity (Wildman–Crippen MR) is 138 cm³/mol. The fourth-order valence-electron chi connectivity index (χ4n) is 6.24. The summed E-state index contributed by atoms with van der Waals surface area (Å²) >= 11 is 0. The average molecular weight is 475 g/mol. The molecule has 0 unspecified atom stereocenters. The standard InChI is InChI=1S/C29H38N4O2/c1-20(2)21-8-10-23(11-9-21)29(35,27(3)18-33(4)19-27)24-14-22(16-30-17-24)25-15-26(32-31-25)28(34)12-6-5-7-13-28/h8-11,14-17,20,34-35H,5-7,12-13,18-19H2,1-4H3,(H,31,32)/t29-/m0/s1. The molecular formula is C29H38N4O2. The highest BCUT2D eigenvalue weighted by Gasteiger charge is 2.55. The van der Waals surface area contributed by atoms with Crippen LogP contribution in [0.25, 0.3) is 11.3 Å². The molecule has 6 heteroatoms. The van der Waals surface area contributed by atoms with Crippen molar-refractivity contribution >= 4 is 0 Å². The Morgan fingerprint density at radius 3 is 2.31 bits per heavy atom. The van der Waals surface area contributed by atoms with E-state index in [9.17, 15) is 10.2 Å². The molecule has 6 nitrogen and oxygen atoms in total. The highest BCUT2D eigenvalue weighted by Crippen LogP contribution is 2.50. The Bertz CT molecular complexity index is 1170. The predicted octanol–water partition coefficient (Wildman–Crippen LogP) is 4.93. The second-order valence-electron chi connectivity index (χ2n) is 11.4. The molecule has 5 rings (SSSR count). The Morgan fingerprint density at radius 2 is 1.69 bits per heavy atom. The van der Waals surface area contributed by atoms with Crippen LogP contribution in [-0.2, 0) is 11.2 Å².